The van der Waals surface area contributed by atoms with Gasteiger partial charge in [0.05, 0.1) is 0 Å². The molecule has 392 valence electrons. The maximum Gasteiger partial charge on any atom is 0.135 e. The molecule has 0 bridgehead atoms. The third kappa shape index (κ3) is 10.3. The van der Waals surface area contributed by atoms with Crippen molar-refractivity contribution in [2.75, 3.05) is 9.80 Å². The average molecular weight is 1180 g/mol. The van der Waals surface area contributed by atoms with E-state index in [2.05, 4.69) is 294 Å². The molecule has 0 amide bonds. The number of hydrogen-bond donors (Lipinski definition) is 0. The minimum absolute atomic E-state index is 0. The maximum atomic E-state index is 7.04. The van der Waals surface area contributed by atoms with Gasteiger partial charge in [0, 0.05) is 72.1 Å². The Morgan fingerprint density at radius 2 is 1.11 bits per heavy atom. The summed E-state index contributed by atoms with van der Waals surface area (Å²) in [6.07, 6.45) is 4.24. The van der Waals surface area contributed by atoms with Crippen LogP contribution in [0.15, 0.2) is 170 Å². The third-order valence-corrected chi connectivity index (χ3v) is 15.6. The Morgan fingerprint density at radius 1 is 0.513 bits per heavy atom. The normalized spacial score (nSPS) is 13.5. The molecule has 0 fully saturated rings. The first kappa shape index (κ1) is 54.1. The molecule has 1 aliphatic heterocycles. The van der Waals surface area contributed by atoms with Gasteiger partial charge in [-0.3, -0.25) is 0 Å². The van der Waals surface area contributed by atoms with E-state index < -0.39 is 0 Å². The Balaban J connectivity index is 0.00000706. The number of ether oxygens (including phenoxy) is 1. The van der Waals surface area contributed by atoms with Crippen LogP contribution in [0.1, 0.15) is 159 Å². The number of pyridine rings is 1. The number of nitrogens with zero attached hydrogens (tertiary/aromatic N) is 4. The van der Waals surface area contributed by atoms with Crippen LogP contribution in [-0.4, -0.2) is 9.55 Å². The van der Waals surface area contributed by atoms with Crippen LogP contribution in [-0.2, 0) is 42.7 Å². The van der Waals surface area contributed by atoms with E-state index in [1.165, 1.54) is 44.5 Å². The van der Waals surface area contributed by atoms with Gasteiger partial charge in [-0.2, -0.15) is 6.07 Å². The molecule has 0 spiro atoms. The van der Waals surface area contributed by atoms with Crippen molar-refractivity contribution in [3.8, 4) is 17.3 Å². The zero-order valence-electron chi connectivity index (χ0n) is 46.9. The van der Waals surface area contributed by atoms with Gasteiger partial charge in [0.2, 0.25) is 0 Å². The molecule has 2 aromatic heterocycles. The van der Waals surface area contributed by atoms with Crippen LogP contribution in [0.3, 0.4) is 0 Å². The summed E-state index contributed by atoms with van der Waals surface area (Å²) in [5, 5.41) is 2.21. The summed E-state index contributed by atoms with van der Waals surface area (Å²) in [5.41, 5.74) is 15.7. The molecule has 5 nitrogen and oxygen atoms in total. The van der Waals surface area contributed by atoms with Gasteiger partial charge >= 0.3 is 0 Å². The predicted octanol–water partition coefficient (Wildman–Crippen LogP) is 18.5. The molecule has 0 saturated heterocycles. The van der Waals surface area contributed by atoms with Crippen LogP contribution < -0.4 is 14.5 Å². The Labute approximate surface area is 467 Å². The van der Waals surface area contributed by atoms with Crippen molar-refractivity contribution < 1.29 is 25.8 Å². The molecule has 10 rings (SSSR count). The largest absolute Gasteiger partial charge is 0.509 e. The van der Waals surface area contributed by atoms with Crippen molar-refractivity contribution in [1.29, 1.82) is 0 Å². The molecule has 1 aliphatic rings. The van der Waals surface area contributed by atoms with Crippen LogP contribution in [0.5, 0.6) is 11.5 Å². The van der Waals surface area contributed by atoms with Crippen LogP contribution in [0.4, 0.5) is 11.4 Å². The van der Waals surface area contributed by atoms with Crippen molar-refractivity contribution in [2.45, 2.75) is 130 Å². The molecule has 6 heteroatoms. The second kappa shape index (κ2) is 20.7. The Bertz CT molecular complexity index is 3560. The van der Waals surface area contributed by atoms with Crippen molar-refractivity contribution in [3.63, 3.8) is 0 Å². The molecule has 3 heterocycles. The summed E-state index contributed by atoms with van der Waals surface area (Å²) in [4.78, 5) is 9.70. The van der Waals surface area contributed by atoms with Gasteiger partial charge < -0.3 is 19.1 Å². The average Bonchev–Trinajstić information content (AvgIpc) is 3.99. The van der Waals surface area contributed by atoms with E-state index >= 15 is 0 Å². The molecule has 9 aromatic rings. The second-order valence-electron chi connectivity index (χ2n) is 24.3. The first-order valence-electron chi connectivity index (χ1n) is 26.8. The van der Waals surface area contributed by atoms with Gasteiger partial charge in [0.25, 0.3) is 0 Å². The van der Waals surface area contributed by atoms with Crippen LogP contribution in [0.2, 0.25) is 0 Å². The SMILES string of the molecule is CC(C)c1cccc(C(C)C)c1C1=CN(c2[c-]c(Oc3[c-]c4c(cc3)c3cc(C(C)(C)c5ccccc5)ccc3n4-c3cc(C(C)(C)c4ccccc4)ccn3)cc(C(C)(C)C)c2)[CH-]N1c1cccc(C(C)(C)C)c1.[Pt]. The summed E-state index contributed by atoms with van der Waals surface area (Å²) in [7, 11) is 0. The van der Waals surface area contributed by atoms with Crippen LogP contribution in [0, 0.1) is 18.8 Å². The number of benzene rings is 7. The fourth-order valence-electron chi connectivity index (χ4n) is 10.8. The Kier molecular flexibility index (Phi) is 14.7. The molecular weight excluding hydrogens is 1110 g/mol. The number of aromatic nitrogens is 2. The fourth-order valence-corrected chi connectivity index (χ4v) is 10.8. The van der Waals surface area contributed by atoms with Crippen molar-refractivity contribution in [1.82, 2.24) is 9.55 Å². The predicted molar refractivity (Wildman–Crippen MR) is 316 cm³/mol. The second-order valence-corrected chi connectivity index (χ2v) is 24.3. The Hall–Kier alpha value is -6.68. The van der Waals surface area contributed by atoms with E-state index in [0.717, 1.165) is 50.3 Å². The van der Waals surface area contributed by atoms with E-state index in [0.29, 0.717) is 23.3 Å². The van der Waals surface area contributed by atoms with Crippen molar-refractivity contribution >= 4 is 38.9 Å². The quantitative estimate of drug-likeness (QED) is 0.114. The van der Waals surface area contributed by atoms with E-state index in [-0.39, 0.29) is 42.7 Å². The maximum absolute atomic E-state index is 7.04. The van der Waals surface area contributed by atoms with Gasteiger partial charge in [-0.25, -0.2) is 4.98 Å². The monoisotopic (exact) mass is 1180 g/mol. The fraction of sp³-hybridized carbons (Fsp3) is 0.286. The van der Waals surface area contributed by atoms with E-state index in [1.807, 2.05) is 6.20 Å². The summed E-state index contributed by atoms with van der Waals surface area (Å²) in [6.45, 7) is 34.2. The number of hydrogen-bond acceptors (Lipinski definition) is 4. The summed E-state index contributed by atoms with van der Waals surface area (Å²) < 4.78 is 9.30. The summed E-state index contributed by atoms with van der Waals surface area (Å²) >= 11 is 0. The number of rotatable bonds is 12. The van der Waals surface area contributed by atoms with Gasteiger partial charge in [0.1, 0.15) is 5.82 Å². The first-order valence-corrected chi connectivity index (χ1v) is 26.8. The zero-order chi connectivity index (χ0) is 53.2. The van der Waals surface area contributed by atoms with Crippen molar-refractivity contribution in [3.05, 3.63) is 239 Å². The Morgan fingerprint density at radius 3 is 1.71 bits per heavy atom. The van der Waals surface area contributed by atoms with Gasteiger partial charge in [-0.15, -0.1) is 53.6 Å². The number of anilines is 2. The summed E-state index contributed by atoms with van der Waals surface area (Å²) in [5.74, 6) is 2.69. The van der Waals surface area contributed by atoms with Crippen molar-refractivity contribution in [2.24, 2.45) is 0 Å². The topological polar surface area (TPSA) is 33.5 Å². The van der Waals surface area contributed by atoms with Gasteiger partial charge in [-0.1, -0.05) is 206 Å². The third-order valence-electron chi connectivity index (χ3n) is 15.6. The number of fused-ring (bicyclic) bond motifs is 3. The van der Waals surface area contributed by atoms with Crippen LogP contribution in [0.25, 0.3) is 33.3 Å². The molecule has 7 aromatic carbocycles. The molecule has 0 N–H and O–H groups in total. The zero-order valence-corrected chi connectivity index (χ0v) is 49.2. The molecular formula is C70H73N4OPt-3. The molecule has 0 saturated carbocycles. The van der Waals surface area contributed by atoms with Gasteiger partial charge in [0.15, 0.2) is 0 Å². The first-order chi connectivity index (χ1) is 35.6. The molecule has 0 aliphatic carbocycles. The molecule has 0 atom stereocenters. The van der Waals surface area contributed by atoms with Gasteiger partial charge in [-0.05, 0) is 104 Å². The van der Waals surface area contributed by atoms with E-state index in [1.54, 1.807) is 0 Å². The molecule has 0 unspecified atom stereocenters. The van der Waals surface area contributed by atoms with Crippen LogP contribution >= 0.6 is 0 Å². The minimum Gasteiger partial charge on any atom is -0.509 e. The summed E-state index contributed by atoms with van der Waals surface area (Å²) in [6, 6.07) is 64.8. The smallest absolute Gasteiger partial charge is 0.135 e. The minimum atomic E-state index is -0.265. The molecule has 76 heavy (non-hydrogen) atoms. The van der Waals surface area contributed by atoms with E-state index in [4.69, 9.17) is 9.72 Å². The van der Waals surface area contributed by atoms with E-state index in [9.17, 15) is 0 Å². The molecule has 0 radical (unpaired) electrons. The standard InChI is InChI=1S/C70H73N4O.Pt/c1-46(2)58-29-22-30-59(47(3)4)66(58)64-44-72(45-73(64)54-28-21-27-50(37-54)67(5,6)7)55-38-53(68(8,9)10)39-57(42-55)75-56-32-33-60-61-40-51(69(11,12)48-23-17-15-18-24-48)31-34-62(61)74(63(60)43-56)65-41-52(35-36-71-65)70(13,14)49-25-19-16-20-26-49;/h15-41,44-47H,1-14H3;/q-3;.